The predicted molar refractivity (Wildman–Crippen MR) is 45.4 cm³/mol. The molecule has 4 nitrogen and oxygen atoms in total. The molecular formula is C7H13NO3S. The van der Waals surface area contributed by atoms with E-state index in [1.807, 2.05) is 0 Å². The minimum atomic E-state index is -3.06. The number of amides is 1. The van der Waals surface area contributed by atoms with Gasteiger partial charge in [0.25, 0.3) is 0 Å². The minimum absolute atomic E-state index is 0.0278. The van der Waals surface area contributed by atoms with E-state index in [0.717, 1.165) is 0 Å². The van der Waals surface area contributed by atoms with E-state index in [0.29, 0.717) is 0 Å². The molecule has 1 fully saturated rings. The highest BCUT2D eigenvalue weighted by molar-refractivity contribution is 7.92. The molecule has 0 spiro atoms. The molecule has 0 bridgehead atoms. The van der Waals surface area contributed by atoms with Crippen LogP contribution < -0.4 is 5.32 Å². The average molecular weight is 191 g/mol. The summed E-state index contributed by atoms with van der Waals surface area (Å²) in [6, 6.07) is 0. The van der Waals surface area contributed by atoms with Gasteiger partial charge >= 0.3 is 0 Å². The summed E-state index contributed by atoms with van der Waals surface area (Å²) in [6.07, 6.45) is 0. The summed E-state index contributed by atoms with van der Waals surface area (Å²) < 4.78 is 22.7. The lowest BCUT2D eigenvalue weighted by Gasteiger charge is -2.06. The Labute approximate surface area is 72.3 Å². The number of carbonyl (C=O) groups is 1. The van der Waals surface area contributed by atoms with Gasteiger partial charge < -0.3 is 5.32 Å². The highest BCUT2D eigenvalue weighted by Crippen LogP contribution is 2.11. The maximum Gasteiger partial charge on any atom is 0.223 e. The fourth-order valence-corrected chi connectivity index (χ4v) is 2.65. The Morgan fingerprint density at radius 1 is 1.42 bits per heavy atom. The zero-order chi connectivity index (χ0) is 9.35. The quantitative estimate of drug-likeness (QED) is 0.564. The van der Waals surface area contributed by atoms with Gasteiger partial charge in [-0.1, -0.05) is 6.92 Å². The molecule has 12 heavy (non-hydrogen) atoms. The fraction of sp³-hybridized carbons (Fsp3) is 0.857. The number of nitrogens with one attached hydrogen (secondary N) is 1. The molecule has 2 atom stereocenters. The van der Waals surface area contributed by atoms with Crippen molar-refractivity contribution >= 4 is 15.7 Å². The number of hydrogen-bond donors (Lipinski definition) is 1. The fourth-order valence-electron chi connectivity index (χ4n) is 1.13. The molecule has 0 unspecified atom stereocenters. The lowest BCUT2D eigenvalue weighted by Crippen LogP contribution is -2.31. The van der Waals surface area contributed by atoms with Gasteiger partial charge in [-0.05, 0) is 6.92 Å². The van der Waals surface area contributed by atoms with Crippen LogP contribution in [0.25, 0.3) is 0 Å². The number of rotatable bonds is 0. The van der Waals surface area contributed by atoms with Crippen LogP contribution in [0.3, 0.4) is 0 Å². The molecule has 1 rings (SSSR count). The van der Waals surface area contributed by atoms with Crippen molar-refractivity contribution in [2.75, 3.05) is 12.3 Å². The summed E-state index contributed by atoms with van der Waals surface area (Å²) in [5.41, 5.74) is 0. The van der Waals surface area contributed by atoms with Crippen LogP contribution in [0.4, 0.5) is 0 Å². The topological polar surface area (TPSA) is 63.2 Å². The molecule has 1 aliphatic rings. The predicted octanol–water partition coefficient (Wildman–Crippen LogP) is -0.444. The summed E-state index contributed by atoms with van der Waals surface area (Å²) in [5.74, 6) is -0.608. The molecule has 1 amide bonds. The standard InChI is InChI=1S/C7H13NO3S/c1-5-4-12(10,11)6(2)3-8-7(5)9/h5-6H,3-4H2,1-2H3,(H,8,9)/t5-,6+/m0/s1. The van der Waals surface area contributed by atoms with Crippen LogP contribution in [0, 0.1) is 5.92 Å². The molecule has 0 saturated carbocycles. The van der Waals surface area contributed by atoms with E-state index in [4.69, 9.17) is 0 Å². The summed E-state index contributed by atoms with van der Waals surface area (Å²) in [6.45, 7) is 3.49. The molecule has 70 valence electrons. The van der Waals surface area contributed by atoms with Crippen molar-refractivity contribution < 1.29 is 13.2 Å². The largest absolute Gasteiger partial charge is 0.355 e. The van der Waals surface area contributed by atoms with Gasteiger partial charge in [-0.25, -0.2) is 8.42 Å². The van der Waals surface area contributed by atoms with Crippen LogP contribution >= 0.6 is 0 Å². The van der Waals surface area contributed by atoms with Crippen molar-refractivity contribution in [1.29, 1.82) is 0 Å². The first kappa shape index (κ1) is 9.51. The van der Waals surface area contributed by atoms with Crippen molar-refractivity contribution in [2.45, 2.75) is 19.1 Å². The van der Waals surface area contributed by atoms with Crippen LogP contribution in [-0.4, -0.2) is 31.9 Å². The molecule has 0 aromatic carbocycles. The second-order valence-corrected chi connectivity index (χ2v) is 5.75. The molecule has 1 aliphatic heterocycles. The number of carbonyl (C=O) groups excluding carboxylic acids is 1. The Balaban J connectivity index is 2.90. The molecule has 0 aliphatic carbocycles. The van der Waals surface area contributed by atoms with Gasteiger partial charge in [0.15, 0.2) is 9.84 Å². The van der Waals surface area contributed by atoms with E-state index in [1.54, 1.807) is 13.8 Å². The third kappa shape index (κ3) is 1.77. The van der Waals surface area contributed by atoms with Gasteiger partial charge in [0.2, 0.25) is 5.91 Å². The molecule has 0 aromatic heterocycles. The lowest BCUT2D eigenvalue weighted by atomic mass is 10.2. The van der Waals surface area contributed by atoms with Crippen LogP contribution in [0.5, 0.6) is 0 Å². The molecule has 1 heterocycles. The van der Waals surface area contributed by atoms with Crippen LogP contribution in [0.1, 0.15) is 13.8 Å². The van der Waals surface area contributed by atoms with Crippen LogP contribution in [0.2, 0.25) is 0 Å². The van der Waals surface area contributed by atoms with E-state index in [-0.39, 0.29) is 18.2 Å². The number of sulfone groups is 1. The molecule has 0 aromatic rings. The maximum atomic E-state index is 11.4. The summed E-state index contributed by atoms with van der Waals surface area (Å²) in [5, 5.41) is 2.13. The number of hydrogen-bond acceptors (Lipinski definition) is 3. The van der Waals surface area contributed by atoms with Gasteiger partial charge in [-0.3, -0.25) is 4.79 Å². The maximum absolute atomic E-state index is 11.4. The summed E-state index contributed by atoms with van der Waals surface area (Å²) >= 11 is 0. The Hall–Kier alpha value is -0.580. The SMILES string of the molecule is C[C@@H]1CNC(=O)[C@@H](C)CS1(=O)=O. The highest BCUT2D eigenvalue weighted by atomic mass is 32.2. The van der Waals surface area contributed by atoms with E-state index >= 15 is 0 Å². The Kier molecular flexibility index (Phi) is 2.41. The van der Waals surface area contributed by atoms with E-state index in [9.17, 15) is 13.2 Å². The average Bonchev–Trinajstić information content (AvgIpc) is 2.03. The Morgan fingerprint density at radius 2 is 2.00 bits per heavy atom. The lowest BCUT2D eigenvalue weighted by molar-refractivity contribution is -0.123. The van der Waals surface area contributed by atoms with Crippen molar-refractivity contribution in [2.24, 2.45) is 5.92 Å². The Morgan fingerprint density at radius 3 is 2.58 bits per heavy atom. The van der Waals surface area contributed by atoms with Crippen molar-refractivity contribution in [3.05, 3.63) is 0 Å². The van der Waals surface area contributed by atoms with Crippen molar-refractivity contribution in [3.8, 4) is 0 Å². The zero-order valence-electron chi connectivity index (χ0n) is 7.20. The second kappa shape index (κ2) is 3.05. The smallest absolute Gasteiger partial charge is 0.223 e. The van der Waals surface area contributed by atoms with Gasteiger partial charge in [0, 0.05) is 12.5 Å². The molecular weight excluding hydrogens is 178 g/mol. The monoisotopic (exact) mass is 191 g/mol. The van der Waals surface area contributed by atoms with Gasteiger partial charge in [0.05, 0.1) is 11.0 Å². The van der Waals surface area contributed by atoms with Crippen molar-refractivity contribution in [1.82, 2.24) is 5.32 Å². The van der Waals surface area contributed by atoms with E-state index < -0.39 is 21.0 Å². The first-order valence-electron chi connectivity index (χ1n) is 3.93. The molecule has 1 N–H and O–H groups in total. The highest BCUT2D eigenvalue weighted by Gasteiger charge is 2.30. The second-order valence-electron chi connectivity index (χ2n) is 3.29. The van der Waals surface area contributed by atoms with Crippen LogP contribution in [0.15, 0.2) is 0 Å². The summed E-state index contributed by atoms with van der Waals surface area (Å²) in [7, 11) is -3.06. The van der Waals surface area contributed by atoms with E-state index in [2.05, 4.69) is 5.32 Å². The van der Waals surface area contributed by atoms with Crippen LogP contribution in [-0.2, 0) is 14.6 Å². The molecule has 1 saturated heterocycles. The van der Waals surface area contributed by atoms with E-state index in [1.165, 1.54) is 0 Å². The van der Waals surface area contributed by atoms with Gasteiger partial charge in [0.1, 0.15) is 0 Å². The van der Waals surface area contributed by atoms with Crippen molar-refractivity contribution in [3.63, 3.8) is 0 Å². The van der Waals surface area contributed by atoms with Gasteiger partial charge in [-0.2, -0.15) is 0 Å². The molecule has 5 heteroatoms. The third-order valence-corrected chi connectivity index (χ3v) is 4.46. The first-order valence-corrected chi connectivity index (χ1v) is 5.64. The normalized spacial score (nSPS) is 35.3. The van der Waals surface area contributed by atoms with Gasteiger partial charge in [-0.15, -0.1) is 0 Å². The molecule has 0 radical (unpaired) electrons. The first-order chi connectivity index (χ1) is 5.43. The zero-order valence-corrected chi connectivity index (χ0v) is 8.02. The minimum Gasteiger partial charge on any atom is -0.355 e. The Bertz CT molecular complexity index is 283. The summed E-state index contributed by atoms with van der Waals surface area (Å²) in [4.78, 5) is 11.1. The third-order valence-electron chi connectivity index (χ3n) is 2.11.